The molecule has 0 fully saturated rings. The van der Waals surface area contributed by atoms with Gasteiger partial charge in [-0.25, -0.2) is 9.78 Å². The minimum atomic E-state index is -0.744. The largest absolute Gasteiger partial charge is 0.445 e. The third-order valence-electron chi connectivity index (χ3n) is 3.79. The molecule has 0 saturated carbocycles. The summed E-state index contributed by atoms with van der Waals surface area (Å²) in [6, 6.07) is 14.5. The number of thiazole rings is 1. The van der Waals surface area contributed by atoms with Crippen LogP contribution in [0.4, 0.5) is 9.93 Å². The molecule has 0 aliphatic carbocycles. The molecule has 1 aromatic heterocycles. The van der Waals surface area contributed by atoms with Gasteiger partial charge in [0.15, 0.2) is 5.13 Å². The molecule has 6 nitrogen and oxygen atoms in total. The highest BCUT2D eigenvalue weighted by Gasteiger charge is 2.18. The number of hydrogen-bond donors (Lipinski definition) is 2. The first-order valence-electron chi connectivity index (χ1n) is 8.17. The second-order valence-corrected chi connectivity index (χ2v) is 6.89. The number of amides is 2. The maximum absolute atomic E-state index is 12.3. The quantitative estimate of drug-likeness (QED) is 0.716. The van der Waals surface area contributed by atoms with Gasteiger partial charge in [-0.2, -0.15) is 0 Å². The first kappa shape index (κ1) is 17.9. The Hall–Kier alpha value is -2.93. The van der Waals surface area contributed by atoms with Crippen LogP contribution in [0.3, 0.4) is 0 Å². The molecule has 2 amide bonds. The van der Waals surface area contributed by atoms with E-state index in [4.69, 9.17) is 4.74 Å². The number of nitrogens with one attached hydrogen (secondary N) is 2. The van der Waals surface area contributed by atoms with Gasteiger partial charge in [-0.1, -0.05) is 53.8 Å². The number of carbonyl (C=O) groups is 2. The van der Waals surface area contributed by atoms with Crippen LogP contribution in [0.2, 0.25) is 0 Å². The van der Waals surface area contributed by atoms with Gasteiger partial charge in [0.2, 0.25) is 5.91 Å². The summed E-state index contributed by atoms with van der Waals surface area (Å²) >= 11 is 1.40. The summed E-state index contributed by atoms with van der Waals surface area (Å²) in [4.78, 5) is 28.5. The molecule has 0 bridgehead atoms. The van der Waals surface area contributed by atoms with E-state index in [1.807, 2.05) is 55.5 Å². The minimum Gasteiger partial charge on any atom is -0.445 e. The van der Waals surface area contributed by atoms with Crippen LogP contribution in [0.15, 0.2) is 48.5 Å². The summed E-state index contributed by atoms with van der Waals surface area (Å²) in [5.74, 6) is -0.349. The number of fused-ring (bicyclic) bond motifs is 1. The predicted molar refractivity (Wildman–Crippen MR) is 102 cm³/mol. The number of hydrogen-bond acceptors (Lipinski definition) is 5. The second-order valence-electron chi connectivity index (χ2n) is 5.86. The van der Waals surface area contributed by atoms with Crippen molar-refractivity contribution in [3.8, 4) is 0 Å². The zero-order valence-electron chi connectivity index (χ0n) is 14.5. The van der Waals surface area contributed by atoms with E-state index in [-0.39, 0.29) is 12.5 Å². The van der Waals surface area contributed by atoms with Gasteiger partial charge in [0, 0.05) is 0 Å². The smallest absolute Gasteiger partial charge is 0.408 e. The zero-order valence-corrected chi connectivity index (χ0v) is 15.3. The molecule has 3 aromatic rings. The zero-order chi connectivity index (χ0) is 18.5. The molecule has 0 radical (unpaired) electrons. The number of aryl methyl sites for hydroxylation is 1. The maximum atomic E-state index is 12.3. The molecule has 1 atom stereocenters. The van der Waals surface area contributed by atoms with Gasteiger partial charge >= 0.3 is 6.09 Å². The monoisotopic (exact) mass is 369 g/mol. The Labute approximate surface area is 155 Å². The van der Waals surface area contributed by atoms with Crippen molar-refractivity contribution < 1.29 is 14.3 Å². The van der Waals surface area contributed by atoms with Gasteiger partial charge in [0.05, 0.1) is 10.2 Å². The number of benzene rings is 2. The topological polar surface area (TPSA) is 80.3 Å². The van der Waals surface area contributed by atoms with E-state index in [0.717, 1.165) is 21.3 Å². The van der Waals surface area contributed by atoms with E-state index in [1.165, 1.54) is 11.3 Å². The van der Waals surface area contributed by atoms with Crippen molar-refractivity contribution in [3.63, 3.8) is 0 Å². The van der Waals surface area contributed by atoms with E-state index in [9.17, 15) is 9.59 Å². The van der Waals surface area contributed by atoms with E-state index in [1.54, 1.807) is 6.92 Å². The third-order valence-corrected chi connectivity index (χ3v) is 4.73. The molecule has 2 N–H and O–H groups in total. The number of carbonyl (C=O) groups excluding carboxylic acids is 2. The Kier molecular flexibility index (Phi) is 5.48. The Morgan fingerprint density at radius 3 is 2.65 bits per heavy atom. The van der Waals surface area contributed by atoms with E-state index >= 15 is 0 Å². The van der Waals surface area contributed by atoms with E-state index in [0.29, 0.717) is 5.13 Å². The van der Waals surface area contributed by atoms with Crippen molar-refractivity contribution >= 4 is 38.7 Å². The average molecular weight is 369 g/mol. The summed E-state index contributed by atoms with van der Waals surface area (Å²) in [6.45, 7) is 3.72. The molecule has 26 heavy (non-hydrogen) atoms. The highest BCUT2D eigenvalue weighted by Crippen LogP contribution is 2.27. The molecular formula is C19H19N3O3S. The summed E-state index contributed by atoms with van der Waals surface area (Å²) in [6.07, 6.45) is -0.642. The van der Waals surface area contributed by atoms with Crippen LogP contribution in [0.5, 0.6) is 0 Å². The Morgan fingerprint density at radius 2 is 1.92 bits per heavy atom. The fourth-order valence-corrected chi connectivity index (χ4v) is 3.31. The minimum absolute atomic E-state index is 0.151. The standard InChI is InChI=1S/C19H19N3O3S/c1-12-7-6-10-15-16(12)21-18(26-15)22-17(23)13(2)20-19(24)25-11-14-8-4-3-5-9-14/h3-10,13H,11H2,1-2H3,(H,20,24)(H,21,22,23). The maximum Gasteiger partial charge on any atom is 0.408 e. The van der Waals surface area contributed by atoms with Crippen LogP contribution in [-0.2, 0) is 16.1 Å². The van der Waals surface area contributed by atoms with Gasteiger partial charge in [0.1, 0.15) is 12.6 Å². The van der Waals surface area contributed by atoms with E-state index < -0.39 is 12.1 Å². The van der Waals surface area contributed by atoms with Gasteiger partial charge < -0.3 is 15.4 Å². The number of rotatable bonds is 5. The number of nitrogens with zero attached hydrogens (tertiary/aromatic N) is 1. The fraction of sp³-hybridized carbons (Fsp3) is 0.211. The van der Waals surface area contributed by atoms with Crippen LogP contribution in [0.1, 0.15) is 18.1 Å². The van der Waals surface area contributed by atoms with Crippen LogP contribution < -0.4 is 10.6 Å². The Balaban J connectivity index is 1.53. The van der Waals surface area contributed by atoms with Crippen molar-refractivity contribution in [2.75, 3.05) is 5.32 Å². The number of para-hydroxylation sites is 1. The van der Waals surface area contributed by atoms with Gasteiger partial charge in [-0.15, -0.1) is 0 Å². The number of ether oxygens (including phenoxy) is 1. The van der Waals surface area contributed by atoms with Crippen LogP contribution >= 0.6 is 11.3 Å². The molecule has 0 spiro atoms. The predicted octanol–water partition coefficient (Wildman–Crippen LogP) is 3.86. The average Bonchev–Trinajstić information content (AvgIpc) is 3.04. The van der Waals surface area contributed by atoms with Crippen molar-refractivity contribution in [2.45, 2.75) is 26.5 Å². The van der Waals surface area contributed by atoms with Gasteiger partial charge in [-0.3, -0.25) is 4.79 Å². The lowest BCUT2D eigenvalue weighted by Gasteiger charge is -2.13. The lowest BCUT2D eigenvalue weighted by Crippen LogP contribution is -2.41. The summed E-state index contributed by atoms with van der Waals surface area (Å²) in [7, 11) is 0. The van der Waals surface area contributed by atoms with Gasteiger partial charge in [-0.05, 0) is 31.0 Å². The highest BCUT2D eigenvalue weighted by molar-refractivity contribution is 7.22. The molecular weight excluding hydrogens is 350 g/mol. The van der Waals surface area contributed by atoms with Gasteiger partial charge in [0.25, 0.3) is 0 Å². The van der Waals surface area contributed by atoms with Crippen LogP contribution in [-0.4, -0.2) is 23.0 Å². The van der Waals surface area contributed by atoms with Crippen molar-refractivity contribution in [1.29, 1.82) is 0 Å². The third kappa shape index (κ3) is 4.37. The Bertz CT molecular complexity index is 924. The molecule has 0 aliphatic rings. The van der Waals surface area contributed by atoms with E-state index in [2.05, 4.69) is 15.6 Å². The summed E-state index contributed by atoms with van der Waals surface area (Å²) in [5.41, 5.74) is 2.80. The number of alkyl carbamates (subject to hydrolysis) is 1. The number of aromatic nitrogens is 1. The molecule has 3 rings (SSSR count). The first-order chi connectivity index (χ1) is 12.5. The normalized spacial score (nSPS) is 11.8. The number of anilines is 1. The molecule has 134 valence electrons. The molecule has 0 aliphatic heterocycles. The molecule has 1 unspecified atom stereocenters. The van der Waals surface area contributed by atoms with Crippen molar-refractivity contribution in [3.05, 3.63) is 59.7 Å². The van der Waals surface area contributed by atoms with Crippen LogP contribution in [0.25, 0.3) is 10.2 Å². The summed E-state index contributed by atoms with van der Waals surface area (Å²) in [5, 5.41) is 5.76. The second kappa shape index (κ2) is 7.97. The molecule has 1 heterocycles. The highest BCUT2D eigenvalue weighted by atomic mass is 32.1. The van der Waals surface area contributed by atoms with Crippen LogP contribution in [0, 0.1) is 6.92 Å². The van der Waals surface area contributed by atoms with Crippen molar-refractivity contribution in [2.24, 2.45) is 0 Å². The fourth-order valence-electron chi connectivity index (χ4n) is 2.36. The summed E-state index contributed by atoms with van der Waals surface area (Å²) < 4.78 is 6.12. The molecule has 0 saturated heterocycles. The molecule has 2 aromatic carbocycles. The lowest BCUT2D eigenvalue weighted by molar-refractivity contribution is -0.117. The lowest BCUT2D eigenvalue weighted by atomic mass is 10.2. The Morgan fingerprint density at radius 1 is 1.15 bits per heavy atom. The SMILES string of the molecule is Cc1cccc2sc(NC(=O)C(C)NC(=O)OCc3ccccc3)nc12. The first-order valence-corrected chi connectivity index (χ1v) is 8.99. The molecule has 7 heteroatoms. The van der Waals surface area contributed by atoms with Crippen molar-refractivity contribution in [1.82, 2.24) is 10.3 Å².